The van der Waals surface area contributed by atoms with Crippen molar-refractivity contribution in [2.45, 2.75) is 6.92 Å². The smallest absolute Gasteiger partial charge is 0.359 e. The Morgan fingerprint density at radius 2 is 2.04 bits per heavy atom. The number of carbonyl (C=O) groups is 2. The monoisotopic (exact) mass is 387 g/mol. The number of para-hydroxylation sites is 1. The maximum atomic E-state index is 12.1. The number of ether oxygens (including phenoxy) is 1. The zero-order chi connectivity index (χ0) is 17.1. The van der Waals surface area contributed by atoms with E-state index in [1.807, 2.05) is 19.1 Å². The molecule has 24 heavy (non-hydrogen) atoms. The normalized spacial score (nSPS) is 10.6. The zero-order valence-corrected chi connectivity index (χ0v) is 14.4. The molecule has 0 radical (unpaired) electrons. The molecule has 0 saturated carbocycles. The Bertz CT molecular complexity index is 920. The SMILES string of the molecule is Cc1ccc(NC(=O)COC(=O)c2n[nH]c3ccccc23)cc1Br. The van der Waals surface area contributed by atoms with Crippen LogP contribution in [-0.4, -0.2) is 28.7 Å². The van der Waals surface area contributed by atoms with Crippen LogP contribution in [0.5, 0.6) is 0 Å². The number of aromatic nitrogens is 2. The van der Waals surface area contributed by atoms with Gasteiger partial charge in [0.2, 0.25) is 0 Å². The highest BCUT2D eigenvalue weighted by atomic mass is 79.9. The Balaban J connectivity index is 1.61. The number of nitrogens with one attached hydrogen (secondary N) is 2. The molecule has 0 unspecified atom stereocenters. The molecule has 7 heteroatoms. The lowest BCUT2D eigenvalue weighted by Gasteiger charge is -2.07. The summed E-state index contributed by atoms with van der Waals surface area (Å²) in [5.41, 5.74) is 2.58. The van der Waals surface area contributed by atoms with Crippen LogP contribution in [0.1, 0.15) is 16.1 Å². The van der Waals surface area contributed by atoms with E-state index in [-0.39, 0.29) is 12.3 Å². The quantitative estimate of drug-likeness (QED) is 0.671. The summed E-state index contributed by atoms with van der Waals surface area (Å²) in [7, 11) is 0. The number of hydrogen-bond acceptors (Lipinski definition) is 4. The number of benzene rings is 2. The molecule has 0 fully saturated rings. The molecule has 0 spiro atoms. The molecule has 2 aromatic carbocycles. The number of rotatable bonds is 4. The number of halogens is 1. The van der Waals surface area contributed by atoms with Crippen molar-refractivity contribution in [3.63, 3.8) is 0 Å². The van der Waals surface area contributed by atoms with Gasteiger partial charge in [0.05, 0.1) is 5.52 Å². The van der Waals surface area contributed by atoms with Crippen molar-refractivity contribution >= 4 is 44.4 Å². The molecule has 0 atom stereocenters. The summed E-state index contributed by atoms with van der Waals surface area (Å²) in [6, 6.07) is 12.7. The van der Waals surface area contributed by atoms with E-state index >= 15 is 0 Å². The molecule has 3 aromatic rings. The Morgan fingerprint density at radius 3 is 2.83 bits per heavy atom. The second kappa shape index (κ2) is 6.84. The summed E-state index contributed by atoms with van der Waals surface area (Å²) in [6.07, 6.45) is 0. The minimum Gasteiger partial charge on any atom is -0.451 e. The third kappa shape index (κ3) is 3.46. The van der Waals surface area contributed by atoms with Gasteiger partial charge >= 0.3 is 5.97 Å². The van der Waals surface area contributed by atoms with Crippen LogP contribution in [0.4, 0.5) is 5.69 Å². The zero-order valence-electron chi connectivity index (χ0n) is 12.8. The van der Waals surface area contributed by atoms with Gasteiger partial charge in [-0.1, -0.05) is 40.2 Å². The number of aromatic amines is 1. The molecule has 122 valence electrons. The van der Waals surface area contributed by atoms with Crippen molar-refractivity contribution in [1.82, 2.24) is 10.2 Å². The van der Waals surface area contributed by atoms with Gasteiger partial charge in [0.1, 0.15) is 0 Å². The van der Waals surface area contributed by atoms with E-state index in [4.69, 9.17) is 4.74 Å². The van der Waals surface area contributed by atoms with Gasteiger partial charge in [-0.05, 0) is 30.7 Å². The second-order valence-electron chi connectivity index (χ2n) is 5.21. The summed E-state index contributed by atoms with van der Waals surface area (Å²) < 4.78 is 5.93. The third-order valence-electron chi connectivity index (χ3n) is 3.45. The topological polar surface area (TPSA) is 84.1 Å². The Hall–Kier alpha value is -2.67. The van der Waals surface area contributed by atoms with Crippen molar-refractivity contribution in [2.75, 3.05) is 11.9 Å². The highest BCUT2D eigenvalue weighted by Gasteiger charge is 2.16. The van der Waals surface area contributed by atoms with Gasteiger partial charge in [-0.3, -0.25) is 9.89 Å². The van der Waals surface area contributed by atoms with Gasteiger partial charge in [0.15, 0.2) is 12.3 Å². The highest BCUT2D eigenvalue weighted by molar-refractivity contribution is 9.10. The average molecular weight is 388 g/mol. The molecule has 0 aliphatic rings. The van der Waals surface area contributed by atoms with E-state index in [1.165, 1.54) is 0 Å². The second-order valence-corrected chi connectivity index (χ2v) is 6.06. The van der Waals surface area contributed by atoms with Crippen molar-refractivity contribution in [2.24, 2.45) is 0 Å². The molecule has 6 nitrogen and oxygen atoms in total. The first-order valence-corrected chi connectivity index (χ1v) is 8.00. The van der Waals surface area contributed by atoms with Crippen LogP contribution in [-0.2, 0) is 9.53 Å². The van der Waals surface area contributed by atoms with E-state index in [0.29, 0.717) is 11.1 Å². The Morgan fingerprint density at radius 1 is 1.25 bits per heavy atom. The van der Waals surface area contributed by atoms with Crippen molar-refractivity contribution in [3.05, 3.63) is 58.2 Å². The van der Waals surface area contributed by atoms with Crippen LogP contribution in [0, 0.1) is 6.92 Å². The molecule has 1 amide bonds. The molecule has 0 bridgehead atoms. The number of H-pyrrole nitrogens is 1. The van der Waals surface area contributed by atoms with Gasteiger partial charge < -0.3 is 10.1 Å². The molecule has 3 rings (SSSR count). The third-order valence-corrected chi connectivity index (χ3v) is 4.31. The van der Waals surface area contributed by atoms with E-state index in [9.17, 15) is 9.59 Å². The van der Waals surface area contributed by atoms with Crippen molar-refractivity contribution in [3.8, 4) is 0 Å². The lowest BCUT2D eigenvalue weighted by molar-refractivity contribution is -0.119. The number of anilines is 1. The molecule has 1 heterocycles. The molecule has 2 N–H and O–H groups in total. The Labute approximate surface area is 146 Å². The number of aryl methyl sites for hydroxylation is 1. The van der Waals surface area contributed by atoms with Gasteiger partial charge in [-0.15, -0.1) is 0 Å². The van der Waals surface area contributed by atoms with E-state index in [0.717, 1.165) is 15.6 Å². The number of fused-ring (bicyclic) bond motifs is 1. The molecule has 0 saturated heterocycles. The fourth-order valence-corrected chi connectivity index (χ4v) is 2.56. The van der Waals surface area contributed by atoms with E-state index < -0.39 is 11.9 Å². The first-order valence-electron chi connectivity index (χ1n) is 7.21. The highest BCUT2D eigenvalue weighted by Crippen LogP contribution is 2.20. The maximum Gasteiger partial charge on any atom is 0.359 e. The van der Waals surface area contributed by atoms with Crippen LogP contribution in [0.3, 0.4) is 0 Å². The molecular weight excluding hydrogens is 374 g/mol. The average Bonchev–Trinajstić information content (AvgIpc) is 3.00. The van der Waals surface area contributed by atoms with Crippen molar-refractivity contribution < 1.29 is 14.3 Å². The van der Waals surface area contributed by atoms with Gasteiger partial charge in [-0.2, -0.15) is 5.10 Å². The van der Waals surface area contributed by atoms with Gasteiger partial charge in [-0.25, -0.2) is 4.79 Å². The molecule has 1 aromatic heterocycles. The van der Waals surface area contributed by atoms with E-state index in [2.05, 4.69) is 31.4 Å². The predicted octanol–water partition coefficient (Wildman–Crippen LogP) is 3.43. The minimum atomic E-state index is -0.646. The van der Waals surface area contributed by atoms with E-state index in [1.54, 1.807) is 30.3 Å². The number of amides is 1. The van der Waals surface area contributed by atoms with Gasteiger partial charge in [0, 0.05) is 15.5 Å². The van der Waals surface area contributed by atoms with Crippen LogP contribution in [0.2, 0.25) is 0 Å². The maximum absolute atomic E-state index is 12.1. The van der Waals surface area contributed by atoms with Crippen LogP contribution in [0.15, 0.2) is 46.9 Å². The Kier molecular flexibility index (Phi) is 4.61. The minimum absolute atomic E-state index is 0.163. The first kappa shape index (κ1) is 16.2. The predicted molar refractivity (Wildman–Crippen MR) is 93.9 cm³/mol. The number of hydrogen-bond donors (Lipinski definition) is 2. The first-order chi connectivity index (χ1) is 11.5. The number of nitrogens with zero attached hydrogens (tertiary/aromatic N) is 1. The summed E-state index contributed by atoms with van der Waals surface area (Å²) in [5.74, 6) is -1.06. The summed E-state index contributed by atoms with van der Waals surface area (Å²) in [5, 5.41) is 10.0. The summed E-state index contributed by atoms with van der Waals surface area (Å²) >= 11 is 3.40. The lowest BCUT2D eigenvalue weighted by atomic mass is 10.2. The molecule has 0 aliphatic carbocycles. The van der Waals surface area contributed by atoms with Crippen molar-refractivity contribution in [1.29, 1.82) is 0 Å². The fourth-order valence-electron chi connectivity index (χ4n) is 2.19. The largest absolute Gasteiger partial charge is 0.451 e. The molecular formula is C17H14BrN3O3. The standard InChI is InChI=1S/C17H14BrN3O3/c1-10-6-7-11(8-13(10)18)19-15(22)9-24-17(23)16-12-4-2-3-5-14(12)20-21-16/h2-8H,9H2,1H3,(H,19,22)(H,20,21). The lowest BCUT2D eigenvalue weighted by Crippen LogP contribution is -2.21. The van der Waals surface area contributed by atoms with Crippen LogP contribution < -0.4 is 5.32 Å². The fraction of sp³-hybridized carbons (Fsp3) is 0.118. The summed E-state index contributed by atoms with van der Waals surface area (Å²) in [4.78, 5) is 24.0. The van der Waals surface area contributed by atoms with Gasteiger partial charge in [0.25, 0.3) is 5.91 Å². The molecule has 0 aliphatic heterocycles. The number of carbonyl (C=O) groups excluding carboxylic acids is 2. The number of esters is 1. The summed E-state index contributed by atoms with van der Waals surface area (Å²) in [6.45, 7) is 1.57. The van der Waals surface area contributed by atoms with Crippen LogP contribution >= 0.6 is 15.9 Å². The van der Waals surface area contributed by atoms with Crippen LogP contribution in [0.25, 0.3) is 10.9 Å².